The lowest BCUT2D eigenvalue weighted by Gasteiger charge is -2.28. The molecule has 5 heteroatoms. The minimum absolute atomic E-state index is 0.0325. The van der Waals surface area contributed by atoms with Crippen LogP contribution in [-0.4, -0.2) is 33.2 Å². The average molecular weight is 238 g/mol. The second-order valence-corrected chi connectivity index (χ2v) is 4.55. The topological polar surface area (TPSA) is 64.2 Å². The summed E-state index contributed by atoms with van der Waals surface area (Å²) in [5.74, 6) is -0.0325. The number of hydrogen-bond donors (Lipinski definition) is 1. The minimum Gasteiger partial charge on any atom is -0.339 e. The van der Waals surface area contributed by atoms with Gasteiger partial charge in [0, 0.05) is 31.4 Å². The zero-order valence-corrected chi connectivity index (χ0v) is 11.1. The van der Waals surface area contributed by atoms with E-state index in [0.717, 1.165) is 18.5 Å². The lowest BCUT2D eigenvalue weighted by Crippen LogP contribution is -2.43. The molecule has 1 aromatic heterocycles. The van der Waals surface area contributed by atoms with E-state index in [4.69, 9.17) is 5.73 Å². The Kier molecular flexibility index (Phi) is 4.69. The molecule has 0 aliphatic heterocycles. The van der Waals surface area contributed by atoms with Gasteiger partial charge in [0.05, 0.1) is 6.20 Å². The largest absolute Gasteiger partial charge is 0.339 e. The van der Waals surface area contributed by atoms with Gasteiger partial charge >= 0.3 is 0 Å². The molecular weight excluding hydrogens is 216 g/mol. The minimum atomic E-state index is -0.613. The summed E-state index contributed by atoms with van der Waals surface area (Å²) >= 11 is 0. The molecule has 1 heterocycles. The highest BCUT2D eigenvalue weighted by Gasteiger charge is 2.24. The molecule has 2 N–H and O–H groups in total. The summed E-state index contributed by atoms with van der Waals surface area (Å²) in [6.45, 7) is 6.80. The van der Waals surface area contributed by atoms with Crippen LogP contribution in [0.5, 0.6) is 0 Å². The Morgan fingerprint density at radius 1 is 1.59 bits per heavy atom. The summed E-state index contributed by atoms with van der Waals surface area (Å²) in [5.41, 5.74) is 6.74. The predicted octanol–water partition coefficient (Wildman–Crippen LogP) is 1.07. The van der Waals surface area contributed by atoms with Gasteiger partial charge in [-0.3, -0.25) is 9.48 Å². The van der Waals surface area contributed by atoms with Crippen molar-refractivity contribution in [1.29, 1.82) is 0 Å². The number of aromatic nitrogens is 2. The number of amides is 1. The van der Waals surface area contributed by atoms with Crippen LogP contribution in [0, 0.1) is 0 Å². The number of carbonyl (C=O) groups is 1. The first-order valence-electron chi connectivity index (χ1n) is 6.02. The smallest absolute Gasteiger partial charge is 0.244 e. The van der Waals surface area contributed by atoms with Gasteiger partial charge in [0.25, 0.3) is 0 Å². The molecule has 5 nitrogen and oxygen atoms in total. The van der Waals surface area contributed by atoms with E-state index in [2.05, 4.69) is 12.0 Å². The first-order valence-corrected chi connectivity index (χ1v) is 6.02. The van der Waals surface area contributed by atoms with E-state index < -0.39 is 6.04 Å². The lowest BCUT2D eigenvalue weighted by molar-refractivity contribution is -0.134. The molecule has 0 radical (unpaired) electrons. The monoisotopic (exact) mass is 238 g/mol. The Balaban J connectivity index is 2.80. The molecule has 1 amide bonds. The number of aryl methyl sites for hydroxylation is 1. The van der Waals surface area contributed by atoms with Crippen LogP contribution in [0.3, 0.4) is 0 Å². The van der Waals surface area contributed by atoms with E-state index in [0.29, 0.717) is 0 Å². The molecule has 96 valence electrons. The van der Waals surface area contributed by atoms with Gasteiger partial charge in [-0.2, -0.15) is 5.10 Å². The Bertz CT molecular complexity index is 372. The fourth-order valence-electron chi connectivity index (χ4n) is 1.79. The molecule has 1 unspecified atom stereocenters. The Hall–Kier alpha value is -1.36. The molecule has 0 aliphatic carbocycles. The molecule has 0 saturated heterocycles. The molecule has 17 heavy (non-hydrogen) atoms. The Morgan fingerprint density at radius 2 is 2.24 bits per heavy atom. The average Bonchev–Trinajstić information content (AvgIpc) is 2.70. The van der Waals surface area contributed by atoms with E-state index in [1.807, 2.05) is 25.8 Å². The summed E-state index contributed by atoms with van der Waals surface area (Å²) < 4.78 is 1.65. The standard InChI is InChI=1S/C12H22N4O/c1-5-6-16(9(2)3)12(17)11(13)10-7-14-15(4)8-10/h7-9,11H,5-6,13H2,1-4H3. The normalized spacial score (nSPS) is 12.8. The summed E-state index contributed by atoms with van der Waals surface area (Å²) in [7, 11) is 1.81. The summed E-state index contributed by atoms with van der Waals surface area (Å²) in [4.78, 5) is 14.1. The summed E-state index contributed by atoms with van der Waals surface area (Å²) in [6.07, 6.45) is 4.36. The maximum absolute atomic E-state index is 12.2. The van der Waals surface area contributed by atoms with Gasteiger partial charge in [-0.15, -0.1) is 0 Å². The van der Waals surface area contributed by atoms with Crippen molar-refractivity contribution < 1.29 is 4.79 Å². The third-order valence-corrected chi connectivity index (χ3v) is 2.72. The van der Waals surface area contributed by atoms with Crippen molar-refractivity contribution in [3.8, 4) is 0 Å². The third kappa shape index (κ3) is 3.30. The predicted molar refractivity (Wildman–Crippen MR) is 67.3 cm³/mol. The molecular formula is C12H22N4O. The maximum atomic E-state index is 12.2. The molecule has 0 aromatic carbocycles. The molecule has 1 atom stereocenters. The molecule has 0 aliphatic rings. The number of nitrogens with zero attached hydrogens (tertiary/aromatic N) is 3. The molecule has 0 saturated carbocycles. The van der Waals surface area contributed by atoms with Crippen molar-refractivity contribution in [2.24, 2.45) is 12.8 Å². The van der Waals surface area contributed by atoms with Crippen molar-refractivity contribution in [1.82, 2.24) is 14.7 Å². The fraction of sp³-hybridized carbons (Fsp3) is 0.667. The Labute approximate surface area is 103 Å². The van der Waals surface area contributed by atoms with Crippen LogP contribution in [0.15, 0.2) is 12.4 Å². The van der Waals surface area contributed by atoms with Crippen molar-refractivity contribution in [2.45, 2.75) is 39.3 Å². The lowest BCUT2D eigenvalue weighted by atomic mass is 10.1. The second-order valence-electron chi connectivity index (χ2n) is 4.55. The summed E-state index contributed by atoms with van der Waals surface area (Å²) in [5, 5.41) is 4.04. The number of rotatable bonds is 5. The molecule has 0 spiro atoms. The highest BCUT2D eigenvalue weighted by atomic mass is 16.2. The fourth-order valence-corrected chi connectivity index (χ4v) is 1.79. The van der Waals surface area contributed by atoms with Crippen LogP contribution in [0.1, 0.15) is 38.8 Å². The van der Waals surface area contributed by atoms with Gasteiger partial charge < -0.3 is 10.6 Å². The quantitative estimate of drug-likeness (QED) is 0.834. The molecule has 0 fully saturated rings. The van der Waals surface area contributed by atoms with Gasteiger partial charge in [-0.1, -0.05) is 6.92 Å². The summed E-state index contributed by atoms with van der Waals surface area (Å²) in [6, 6.07) is -0.442. The SMILES string of the molecule is CCCN(C(=O)C(N)c1cnn(C)c1)C(C)C. The third-order valence-electron chi connectivity index (χ3n) is 2.72. The van der Waals surface area contributed by atoms with Crippen LogP contribution >= 0.6 is 0 Å². The molecule has 1 rings (SSSR count). The Morgan fingerprint density at radius 3 is 2.65 bits per heavy atom. The second kappa shape index (κ2) is 5.82. The van der Waals surface area contributed by atoms with Gasteiger partial charge in [0.2, 0.25) is 5.91 Å². The van der Waals surface area contributed by atoms with Crippen molar-refractivity contribution in [2.75, 3.05) is 6.54 Å². The van der Waals surface area contributed by atoms with Gasteiger partial charge in [0.1, 0.15) is 6.04 Å². The zero-order chi connectivity index (χ0) is 13.0. The number of hydrogen-bond acceptors (Lipinski definition) is 3. The molecule has 1 aromatic rings. The zero-order valence-electron chi connectivity index (χ0n) is 11.1. The highest BCUT2D eigenvalue weighted by Crippen LogP contribution is 2.14. The van der Waals surface area contributed by atoms with Crippen LogP contribution in [0.4, 0.5) is 0 Å². The van der Waals surface area contributed by atoms with Crippen molar-refractivity contribution in [3.63, 3.8) is 0 Å². The van der Waals surface area contributed by atoms with Crippen LogP contribution in [0.25, 0.3) is 0 Å². The van der Waals surface area contributed by atoms with E-state index in [1.165, 1.54) is 0 Å². The number of nitrogens with two attached hydrogens (primary N) is 1. The van der Waals surface area contributed by atoms with E-state index in [-0.39, 0.29) is 11.9 Å². The molecule has 0 bridgehead atoms. The maximum Gasteiger partial charge on any atom is 0.244 e. The van der Waals surface area contributed by atoms with E-state index in [9.17, 15) is 4.79 Å². The van der Waals surface area contributed by atoms with E-state index in [1.54, 1.807) is 17.1 Å². The first-order chi connectivity index (χ1) is 7.97. The van der Waals surface area contributed by atoms with Crippen LogP contribution < -0.4 is 5.73 Å². The van der Waals surface area contributed by atoms with Crippen molar-refractivity contribution in [3.05, 3.63) is 18.0 Å². The van der Waals surface area contributed by atoms with Crippen LogP contribution in [-0.2, 0) is 11.8 Å². The van der Waals surface area contributed by atoms with Crippen LogP contribution in [0.2, 0.25) is 0 Å². The van der Waals surface area contributed by atoms with Gasteiger partial charge in [-0.05, 0) is 20.3 Å². The van der Waals surface area contributed by atoms with Gasteiger partial charge in [-0.25, -0.2) is 0 Å². The van der Waals surface area contributed by atoms with Crippen molar-refractivity contribution >= 4 is 5.91 Å². The number of carbonyl (C=O) groups excluding carboxylic acids is 1. The van der Waals surface area contributed by atoms with E-state index >= 15 is 0 Å². The highest BCUT2D eigenvalue weighted by molar-refractivity contribution is 5.83. The first kappa shape index (κ1) is 13.7. The van der Waals surface area contributed by atoms with Gasteiger partial charge in [0.15, 0.2) is 0 Å².